The highest BCUT2D eigenvalue weighted by Crippen LogP contribution is 2.09. The van der Waals surface area contributed by atoms with Crippen LogP contribution < -0.4 is 5.32 Å². The number of allylic oxidation sites excluding steroid dienone is 1. The molecule has 0 fully saturated rings. The Morgan fingerprint density at radius 3 is 1.93 bits per heavy atom. The van der Waals surface area contributed by atoms with Crippen molar-refractivity contribution in [1.29, 1.82) is 0 Å². The third-order valence-electron chi connectivity index (χ3n) is 5.02. The Bertz CT molecular complexity index is 358. The van der Waals surface area contributed by atoms with Gasteiger partial charge in [0.1, 0.15) is 0 Å². The summed E-state index contributed by atoms with van der Waals surface area (Å²) in [5.74, 6) is -0.0778. The molecule has 0 saturated carbocycles. The van der Waals surface area contributed by atoms with Gasteiger partial charge >= 0.3 is 0 Å². The molecule has 0 bridgehead atoms. The molecule has 0 rings (SSSR count). The third-order valence-corrected chi connectivity index (χ3v) is 5.02. The highest BCUT2D eigenvalue weighted by Gasteiger charge is 2.17. The van der Waals surface area contributed by atoms with Crippen molar-refractivity contribution < 1.29 is 15.0 Å². The van der Waals surface area contributed by atoms with E-state index >= 15 is 0 Å². The number of amides is 1. The minimum absolute atomic E-state index is 0.0778. The van der Waals surface area contributed by atoms with Crippen LogP contribution in [0.1, 0.15) is 110 Å². The van der Waals surface area contributed by atoms with E-state index < -0.39 is 12.1 Å². The number of rotatable bonds is 19. The number of carbonyl (C=O) groups excluding carboxylic acids is 1. The summed E-state index contributed by atoms with van der Waals surface area (Å²) in [5, 5.41) is 22.4. The largest absolute Gasteiger partial charge is 0.394 e. The number of aliphatic hydroxyl groups is 2. The van der Waals surface area contributed by atoms with Crippen molar-refractivity contribution in [3.63, 3.8) is 0 Å². The quantitative estimate of drug-likeness (QED) is 0.210. The van der Waals surface area contributed by atoms with Crippen LogP contribution in [0.15, 0.2) is 12.2 Å². The average Bonchev–Trinajstić information content (AvgIpc) is 2.67. The average molecular weight is 384 g/mol. The molecule has 0 aromatic rings. The summed E-state index contributed by atoms with van der Waals surface area (Å²) in [6, 6.07) is -0.608. The van der Waals surface area contributed by atoms with Gasteiger partial charge in [-0.25, -0.2) is 0 Å². The lowest BCUT2D eigenvalue weighted by molar-refractivity contribution is -0.123. The van der Waals surface area contributed by atoms with Gasteiger partial charge in [-0.05, 0) is 19.3 Å². The first-order valence-electron chi connectivity index (χ1n) is 11.4. The molecule has 160 valence electrons. The smallest absolute Gasteiger partial charge is 0.220 e. The molecule has 0 aliphatic heterocycles. The lowest BCUT2D eigenvalue weighted by Gasteiger charge is -2.20. The fourth-order valence-corrected chi connectivity index (χ4v) is 3.17. The molecule has 0 saturated heterocycles. The van der Waals surface area contributed by atoms with Crippen LogP contribution in [0.2, 0.25) is 0 Å². The Morgan fingerprint density at radius 2 is 1.37 bits per heavy atom. The Balaban J connectivity index is 3.82. The number of hydrogen-bond donors (Lipinski definition) is 3. The predicted molar refractivity (Wildman–Crippen MR) is 115 cm³/mol. The molecular weight excluding hydrogens is 338 g/mol. The van der Waals surface area contributed by atoms with Crippen molar-refractivity contribution in [2.75, 3.05) is 6.61 Å². The topological polar surface area (TPSA) is 69.6 Å². The molecule has 2 atom stereocenters. The van der Waals surface area contributed by atoms with E-state index in [0.717, 1.165) is 25.7 Å². The standard InChI is InChI=1S/C23H45NO3/c1-3-5-7-9-11-13-14-16-18-22(26)21(20-25)24-23(27)19-17-15-12-10-8-6-4-2/h16,18,21-22,25-26H,3-15,17,19-20H2,1-2H3,(H,24,27)/b18-16+. The predicted octanol–water partition coefficient (Wildman–Crippen LogP) is 5.27. The van der Waals surface area contributed by atoms with Crippen LogP contribution in [0, 0.1) is 0 Å². The van der Waals surface area contributed by atoms with Crippen LogP contribution >= 0.6 is 0 Å². The van der Waals surface area contributed by atoms with Gasteiger partial charge in [-0.1, -0.05) is 96.6 Å². The summed E-state index contributed by atoms with van der Waals surface area (Å²) in [5.41, 5.74) is 0. The summed E-state index contributed by atoms with van der Waals surface area (Å²) in [6.45, 7) is 4.18. The van der Waals surface area contributed by atoms with Crippen molar-refractivity contribution in [2.24, 2.45) is 0 Å². The molecule has 4 heteroatoms. The van der Waals surface area contributed by atoms with Gasteiger partial charge in [0.2, 0.25) is 5.91 Å². The maximum absolute atomic E-state index is 12.0. The monoisotopic (exact) mass is 383 g/mol. The highest BCUT2D eigenvalue weighted by molar-refractivity contribution is 5.76. The van der Waals surface area contributed by atoms with Crippen molar-refractivity contribution in [1.82, 2.24) is 5.32 Å². The zero-order chi connectivity index (χ0) is 20.2. The molecule has 27 heavy (non-hydrogen) atoms. The van der Waals surface area contributed by atoms with E-state index in [1.54, 1.807) is 6.08 Å². The fraction of sp³-hybridized carbons (Fsp3) is 0.870. The van der Waals surface area contributed by atoms with Gasteiger partial charge in [0.25, 0.3) is 0 Å². The number of carbonyl (C=O) groups is 1. The van der Waals surface area contributed by atoms with Gasteiger partial charge in [-0.3, -0.25) is 4.79 Å². The molecule has 0 radical (unpaired) electrons. The number of hydrogen-bond acceptors (Lipinski definition) is 3. The molecule has 0 aromatic carbocycles. The molecular formula is C23H45NO3. The van der Waals surface area contributed by atoms with E-state index in [2.05, 4.69) is 19.2 Å². The van der Waals surface area contributed by atoms with Gasteiger partial charge in [0.15, 0.2) is 0 Å². The van der Waals surface area contributed by atoms with E-state index in [0.29, 0.717) is 6.42 Å². The van der Waals surface area contributed by atoms with Gasteiger partial charge in [-0.15, -0.1) is 0 Å². The Labute approximate surface area is 167 Å². The van der Waals surface area contributed by atoms with Gasteiger partial charge < -0.3 is 15.5 Å². The fourth-order valence-electron chi connectivity index (χ4n) is 3.17. The van der Waals surface area contributed by atoms with E-state index in [-0.39, 0.29) is 12.5 Å². The van der Waals surface area contributed by atoms with Gasteiger partial charge in [0.05, 0.1) is 18.8 Å². The SMILES string of the molecule is CCCCCCCC/C=C/C(O)C(CO)NC(=O)CCCCCCCCC. The second kappa shape index (κ2) is 19.9. The van der Waals surface area contributed by atoms with Crippen LogP contribution in [-0.2, 0) is 4.79 Å². The third kappa shape index (κ3) is 17.0. The maximum atomic E-state index is 12.0. The molecule has 0 heterocycles. The second-order valence-electron chi connectivity index (χ2n) is 7.70. The Hall–Kier alpha value is -0.870. The maximum Gasteiger partial charge on any atom is 0.220 e. The van der Waals surface area contributed by atoms with Gasteiger partial charge in [-0.2, -0.15) is 0 Å². The Kier molecular flexibility index (Phi) is 19.2. The van der Waals surface area contributed by atoms with Crippen LogP contribution in [0.5, 0.6) is 0 Å². The van der Waals surface area contributed by atoms with Crippen LogP contribution in [0.4, 0.5) is 0 Å². The van der Waals surface area contributed by atoms with Crippen molar-refractivity contribution in [3.05, 3.63) is 12.2 Å². The van der Waals surface area contributed by atoms with Crippen LogP contribution in [-0.4, -0.2) is 34.9 Å². The minimum atomic E-state index is -0.826. The minimum Gasteiger partial charge on any atom is -0.394 e. The summed E-state index contributed by atoms with van der Waals surface area (Å²) >= 11 is 0. The van der Waals surface area contributed by atoms with E-state index in [1.165, 1.54) is 64.2 Å². The molecule has 0 aliphatic rings. The van der Waals surface area contributed by atoms with E-state index in [9.17, 15) is 15.0 Å². The molecule has 0 spiro atoms. The summed E-state index contributed by atoms with van der Waals surface area (Å²) < 4.78 is 0. The molecule has 3 N–H and O–H groups in total. The first-order valence-corrected chi connectivity index (χ1v) is 11.4. The first kappa shape index (κ1) is 26.1. The lowest BCUT2D eigenvalue weighted by atomic mass is 10.1. The van der Waals surface area contributed by atoms with E-state index in [4.69, 9.17) is 0 Å². The zero-order valence-corrected chi connectivity index (χ0v) is 17.9. The number of unbranched alkanes of at least 4 members (excludes halogenated alkanes) is 12. The van der Waals surface area contributed by atoms with Gasteiger partial charge in [0, 0.05) is 6.42 Å². The highest BCUT2D eigenvalue weighted by atomic mass is 16.3. The molecule has 4 nitrogen and oxygen atoms in total. The summed E-state index contributed by atoms with van der Waals surface area (Å²) in [4.78, 5) is 12.0. The molecule has 2 unspecified atom stereocenters. The number of nitrogens with one attached hydrogen (secondary N) is 1. The van der Waals surface area contributed by atoms with Crippen molar-refractivity contribution in [2.45, 2.75) is 122 Å². The zero-order valence-electron chi connectivity index (χ0n) is 17.9. The van der Waals surface area contributed by atoms with Crippen LogP contribution in [0.25, 0.3) is 0 Å². The first-order chi connectivity index (χ1) is 13.2. The van der Waals surface area contributed by atoms with Crippen LogP contribution in [0.3, 0.4) is 0 Å². The summed E-state index contributed by atoms with van der Waals surface area (Å²) in [7, 11) is 0. The van der Waals surface area contributed by atoms with Crippen molar-refractivity contribution >= 4 is 5.91 Å². The normalized spacial score (nSPS) is 13.8. The molecule has 0 aliphatic carbocycles. The number of aliphatic hydroxyl groups excluding tert-OH is 2. The van der Waals surface area contributed by atoms with Crippen molar-refractivity contribution in [3.8, 4) is 0 Å². The lowest BCUT2D eigenvalue weighted by Crippen LogP contribution is -2.45. The van der Waals surface area contributed by atoms with E-state index in [1.807, 2.05) is 6.08 Å². The molecule has 1 amide bonds. The Morgan fingerprint density at radius 1 is 0.852 bits per heavy atom. The second-order valence-corrected chi connectivity index (χ2v) is 7.70. The molecule has 0 aromatic heterocycles. The summed E-state index contributed by atoms with van der Waals surface area (Å²) in [6.07, 6.45) is 20.0.